The van der Waals surface area contributed by atoms with Crippen molar-refractivity contribution in [2.75, 3.05) is 19.5 Å². The lowest BCUT2D eigenvalue weighted by Gasteiger charge is -2.08. The van der Waals surface area contributed by atoms with Crippen LogP contribution in [0.1, 0.15) is 29.4 Å². The minimum Gasteiger partial charge on any atom is -0.496 e. The number of aromatic nitrogens is 2. The van der Waals surface area contributed by atoms with E-state index >= 15 is 0 Å². The van der Waals surface area contributed by atoms with Gasteiger partial charge in [-0.25, -0.2) is 4.98 Å². The second kappa shape index (κ2) is 5.78. The molecule has 0 spiro atoms. The second-order valence-corrected chi connectivity index (χ2v) is 4.58. The summed E-state index contributed by atoms with van der Waals surface area (Å²) in [6, 6.07) is 6.34. The number of nitrogens with zero attached hydrogens (tertiary/aromatic N) is 1. The number of methoxy groups -OCH3 is 1. The zero-order chi connectivity index (χ0) is 13.8. The Morgan fingerprint density at radius 3 is 2.74 bits per heavy atom. The topological polar surface area (TPSA) is 49.9 Å². The van der Waals surface area contributed by atoms with E-state index in [1.54, 1.807) is 7.11 Å². The van der Waals surface area contributed by atoms with E-state index in [9.17, 15) is 0 Å². The van der Waals surface area contributed by atoms with E-state index in [1.165, 1.54) is 11.1 Å². The van der Waals surface area contributed by atoms with E-state index in [1.807, 2.05) is 20.0 Å². The number of imidazole rings is 1. The Kier molecular flexibility index (Phi) is 4.10. The molecule has 1 aromatic heterocycles. The van der Waals surface area contributed by atoms with Crippen LogP contribution in [0.3, 0.4) is 0 Å². The van der Waals surface area contributed by atoms with E-state index in [4.69, 9.17) is 4.74 Å². The van der Waals surface area contributed by atoms with Crippen LogP contribution in [0.25, 0.3) is 0 Å². The monoisotopic (exact) mass is 259 g/mol. The predicted molar refractivity (Wildman–Crippen MR) is 78.0 cm³/mol. The molecular weight excluding hydrogens is 238 g/mol. The summed E-state index contributed by atoms with van der Waals surface area (Å²) in [7, 11) is 3.58. The summed E-state index contributed by atoms with van der Waals surface area (Å²) in [5.74, 6) is 1.78. The van der Waals surface area contributed by atoms with Gasteiger partial charge < -0.3 is 15.0 Å². The molecule has 2 N–H and O–H groups in total. The number of hydrogen-bond acceptors (Lipinski definition) is 3. The van der Waals surface area contributed by atoms with Crippen molar-refractivity contribution in [3.8, 4) is 5.75 Å². The van der Waals surface area contributed by atoms with E-state index in [-0.39, 0.29) is 0 Å². The van der Waals surface area contributed by atoms with Crippen molar-refractivity contribution < 1.29 is 4.74 Å². The average molecular weight is 259 g/mol. The lowest BCUT2D eigenvalue weighted by molar-refractivity contribution is 0.410. The minimum atomic E-state index is 0.816. The predicted octanol–water partition coefficient (Wildman–Crippen LogP) is 2.92. The Balaban J connectivity index is 2.25. The smallest absolute Gasteiger partial charge is 0.200 e. The minimum absolute atomic E-state index is 0.816. The molecule has 0 atom stereocenters. The molecule has 0 saturated carbocycles. The number of aromatic amines is 1. The molecule has 102 valence electrons. The first-order valence-corrected chi connectivity index (χ1v) is 6.57. The first-order chi connectivity index (χ1) is 9.17. The molecule has 0 aliphatic rings. The maximum atomic E-state index is 5.35. The highest BCUT2D eigenvalue weighted by atomic mass is 16.5. The van der Waals surface area contributed by atoms with Gasteiger partial charge in [-0.05, 0) is 30.5 Å². The fourth-order valence-corrected chi connectivity index (χ4v) is 2.20. The number of hydrogen-bond donors (Lipinski definition) is 2. The summed E-state index contributed by atoms with van der Waals surface area (Å²) < 4.78 is 5.35. The standard InChI is InChI=1S/C15H21N3O/c1-5-12-8-11(6-7-14(12)19-4)9-13-10(2)17-15(16-3)18-13/h6-8H,5,9H2,1-4H3,(H2,16,17,18). The van der Waals surface area contributed by atoms with E-state index in [2.05, 4.69) is 34.3 Å². The van der Waals surface area contributed by atoms with Gasteiger partial charge in [0.05, 0.1) is 12.8 Å². The number of H-pyrrole nitrogens is 1. The number of ether oxygens (including phenoxy) is 1. The molecule has 0 aliphatic heterocycles. The summed E-state index contributed by atoms with van der Waals surface area (Å²) in [4.78, 5) is 7.74. The van der Waals surface area contributed by atoms with Gasteiger partial charge in [-0.1, -0.05) is 19.1 Å². The quantitative estimate of drug-likeness (QED) is 0.868. The molecule has 0 bridgehead atoms. The van der Waals surface area contributed by atoms with Crippen molar-refractivity contribution >= 4 is 5.95 Å². The van der Waals surface area contributed by atoms with E-state index in [0.29, 0.717) is 0 Å². The number of rotatable bonds is 5. The maximum absolute atomic E-state index is 5.35. The molecule has 2 aromatic rings. The molecule has 0 amide bonds. The Hall–Kier alpha value is -1.97. The number of aryl methyl sites for hydroxylation is 2. The lowest BCUT2D eigenvalue weighted by Crippen LogP contribution is -1.96. The van der Waals surface area contributed by atoms with Crippen LogP contribution >= 0.6 is 0 Å². The first-order valence-electron chi connectivity index (χ1n) is 6.57. The van der Waals surface area contributed by atoms with Gasteiger partial charge in [0.2, 0.25) is 0 Å². The Morgan fingerprint density at radius 2 is 2.16 bits per heavy atom. The van der Waals surface area contributed by atoms with Crippen LogP contribution in [0.4, 0.5) is 5.95 Å². The third-order valence-corrected chi connectivity index (χ3v) is 3.32. The SMILES string of the molecule is CCc1cc(Cc2nc(NC)[nH]c2C)ccc1OC. The highest BCUT2D eigenvalue weighted by Crippen LogP contribution is 2.22. The van der Waals surface area contributed by atoms with Gasteiger partial charge in [0, 0.05) is 19.2 Å². The van der Waals surface area contributed by atoms with Crippen molar-refractivity contribution in [2.45, 2.75) is 26.7 Å². The van der Waals surface area contributed by atoms with Crippen molar-refractivity contribution in [3.05, 3.63) is 40.7 Å². The molecule has 1 heterocycles. The normalized spacial score (nSPS) is 10.5. The zero-order valence-electron chi connectivity index (χ0n) is 12.0. The van der Waals surface area contributed by atoms with E-state index in [0.717, 1.165) is 35.9 Å². The van der Waals surface area contributed by atoms with Crippen molar-refractivity contribution in [1.29, 1.82) is 0 Å². The van der Waals surface area contributed by atoms with Gasteiger partial charge in [-0.2, -0.15) is 0 Å². The third-order valence-electron chi connectivity index (χ3n) is 3.32. The van der Waals surface area contributed by atoms with Gasteiger partial charge in [0.25, 0.3) is 0 Å². The zero-order valence-corrected chi connectivity index (χ0v) is 12.0. The van der Waals surface area contributed by atoms with Crippen LogP contribution in [0.15, 0.2) is 18.2 Å². The van der Waals surface area contributed by atoms with Crippen LogP contribution in [0.2, 0.25) is 0 Å². The summed E-state index contributed by atoms with van der Waals surface area (Å²) in [5.41, 5.74) is 4.69. The van der Waals surface area contributed by atoms with Crippen molar-refractivity contribution in [1.82, 2.24) is 9.97 Å². The molecule has 0 radical (unpaired) electrons. The molecule has 0 fully saturated rings. The third kappa shape index (κ3) is 2.89. The fourth-order valence-electron chi connectivity index (χ4n) is 2.20. The summed E-state index contributed by atoms with van der Waals surface area (Å²) in [6.07, 6.45) is 1.80. The fraction of sp³-hybridized carbons (Fsp3) is 0.400. The Labute approximate surface area is 114 Å². The van der Waals surface area contributed by atoms with Crippen molar-refractivity contribution in [3.63, 3.8) is 0 Å². The largest absolute Gasteiger partial charge is 0.496 e. The van der Waals surface area contributed by atoms with Crippen molar-refractivity contribution in [2.24, 2.45) is 0 Å². The molecule has 4 nitrogen and oxygen atoms in total. The highest BCUT2D eigenvalue weighted by molar-refractivity contribution is 5.40. The molecule has 2 rings (SSSR count). The number of nitrogens with one attached hydrogen (secondary N) is 2. The summed E-state index contributed by atoms with van der Waals surface area (Å²) in [6.45, 7) is 4.19. The van der Waals surface area contributed by atoms with Crippen LogP contribution < -0.4 is 10.1 Å². The van der Waals surface area contributed by atoms with Crippen LogP contribution in [-0.2, 0) is 12.8 Å². The average Bonchev–Trinajstić information content (AvgIpc) is 2.79. The Bertz CT molecular complexity index is 561. The molecule has 4 heteroatoms. The Morgan fingerprint density at radius 1 is 1.37 bits per heavy atom. The van der Waals surface area contributed by atoms with Gasteiger partial charge in [-0.15, -0.1) is 0 Å². The molecule has 0 aliphatic carbocycles. The molecule has 19 heavy (non-hydrogen) atoms. The number of anilines is 1. The molecule has 0 unspecified atom stereocenters. The molecule has 0 saturated heterocycles. The van der Waals surface area contributed by atoms with Gasteiger partial charge in [0.1, 0.15) is 5.75 Å². The van der Waals surface area contributed by atoms with E-state index < -0.39 is 0 Å². The van der Waals surface area contributed by atoms with Crippen LogP contribution in [-0.4, -0.2) is 24.1 Å². The van der Waals surface area contributed by atoms with Gasteiger partial charge in [0.15, 0.2) is 5.95 Å². The molecular formula is C15H21N3O. The second-order valence-electron chi connectivity index (χ2n) is 4.58. The van der Waals surface area contributed by atoms with Gasteiger partial charge in [-0.3, -0.25) is 0 Å². The van der Waals surface area contributed by atoms with Crippen LogP contribution in [0, 0.1) is 6.92 Å². The lowest BCUT2D eigenvalue weighted by atomic mass is 10.0. The summed E-state index contributed by atoms with van der Waals surface area (Å²) >= 11 is 0. The highest BCUT2D eigenvalue weighted by Gasteiger charge is 2.08. The first kappa shape index (κ1) is 13.5. The van der Waals surface area contributed by atoms with Crippen LogP contribution in [0.5, 0.6) is 5.75 Å². The molecule has 1 aromatic carbocycles. The number of benzene rings is 1. The summed E-state index contributed by atoms with van der Waals surface area (Å²) in [5, 5.41) is 3.03. The van der Waals surface area contributed by atoms with Gasteiger partial charge >= 0.3 is 0 Å². The maximum Gasteiger partial charge on any atom is 0.200 e.